The molecule has 8 heavy (non-hydrogen) atoms. The molecule has 1 aliphatic heterocycles. The molecule has 0 N–H and O–H groups in total. The van der Waals surface area contributed by atoms with Gasteiger partial charge < -0.3 is 0 Å². The van der Waals surface area contributed by atoms with E-state index in [9.17, 15) is 0 Å². The van der Waals surface area contributed by atoms with Crippen molar-refractivity contribution in [2.24, 2.45) is 4.99 Å². The highest BCUT2D eigenvalue weighted by Gasteiger charge is 2.08. The van der Waals surface area contributed by atoms with Crippen molar-refractivity contribution in [1.29, 1.82) is 0 Å². The van der Waals surface area contributed by atoms with E-state index in [0.717, 1.165) is 13.1 Å². The van der Waals surface area contributed by atoms with Gasteiger partial charge in [-0.25, -0.2) is 0 Å². The second-order valence-electron chi connectivity index (χ2n) is 2.35. The molecule has 1 rings (SSSR count). The van der Waals surface area contributed by atoms with Crippen LogP contribution in [-0.4, -0.2) is 30.9 Å². The summed E-state index contributed by atoms with van der Waals surface area (Å²) in [5.74, 6) is 0. The molecule has 0 spiro atoms. The summed E-state index contributed by atoms with van der Waals surface area (Å²) in [7, 11) is 2.10. The largest absolute Gasteiger partial charge is 0.284 e. The van der Waals surface area contributed by atoms with Gasteiger partial charge in [0.05, 0.1) is 6.67 Å². The summed E-state index contributed by atoms with van der Waals surface area (Å²) in [6.45, 7) is 3.09. The maximum Gasteiger partial charge on any atom is 0.0905 e. The van der Waals surface area contributed by atoms with Gasteiger partial charge in [0.15, 0.2) is 0 Å². The van der Waals surface area contributed by atoms with Crippen LogP contribution in [-0.2, 0) is 0 Å². The Labute approximate surface area is 50.2 Å². The molecule has 1 atom stereocenters. The van der Waals surface area contributed by atoms with Crippen molar-refractivity contribution in [1.82, 2.24) is 4.90 Å². The van der Waals surface area contributed by atoms with E-state index in [1.165, 1.54) is 0 Å². The van der Waals surface area contributed by atoms with Crippen molar-refractivity contribution in [3.05, 3.63) is 0 Å². The zero-order valence-corrected chi connectivity index (χ0v) is 5.46. The lowest BCUT2D eigenvalue weighted by molar-refractivity contribution is 0.262. The Bertz CT molecular complexity index is 86.7. The molecule has 0 saturated carbocycles. The Kier molecular flexibility index (Phi) is 1.63. The van der Waals surface area contributed by atoms with Crippen molar-refractivity contribution in [2.75, 3.05) is 13.7 Å². The molecule has 0 radical (unpaired) electrons. The quantitative estimate of drug-likeness (QED) is 0.451. The molecule has 0 bridgehead atoms. The predicted octanol–water partition coefficient (Wildman–Crippen LogP) is 0.739. The van der Waals surface area contributed by atoms with E-state index < -0.39 is 0 Å². The molecule has 0 amide bonds. The first-order chi connectivity index (χ1) is 3.80. The summed E-state index contributed by atoms with van der Waals surface area (Å²) >= 11 is 0. The van der Waals surface area contributed by atoms with Gasteiger partial charge in [-0.1, -0.05) is 0 Å². The van der Waals surface area contributed by atoms with E-state index >= 15 is 0 Å². The van der Waals surface area contributed by atoms with Crippen LogP contribution < -0.4 is 0 Å². The second kappa shape index (κ2) is 2.27. The van der Waals surface area contributed by atoms with Crippen LogP contribution >= 0.6 is 0 Å². The number of nitrogens with zero attached hydrogens (tertiary/aromatic N) is 2. The Morgan fingerprint density at radius 1 is 1.75 bits per heavy atom. The average molecular weight is 112 g/mol. The maximum atomic E-state index is 4.11. The molecule has 1 unspecified atom stereocenters. The van der Waals surface area contributed by atoms with E-state index in [1.54, 1.807) is 0 Å². The van der Waals surface area contributed by atoms with Gasteiger partial charge in [0.25, 0.3) is 0 Å². The lowest BCUT2D eigenvalue weighted by Crippen LogP contribution is -2.32. The highest BCUT2D eigenvalue weighted by atomic mass is 15.2. The molecular formula is C6H12N2. The Balaban J connectivity index is 2.44. The fourth-order valence-corrected chi connectivity index (χ4v) is 0.733. The monoisotopic (exact) mass is 112 g/mol. The summed E-state index contributed by atoms with van der Waals surface area (Å²) in [5.41, 5.74) is 0. The van der Waals surface area contributed by atoms with E-state index in [1.807, 2.05) is 6.21 Å². The van der Waals surface area contributed by atoms with Crippen LogP contribution in [0, 0.1) is 0 Å². The van der Waals surface area contributed by atoms with Crippen LogP contribution in [0.3, 0.4) is 0 Å². The van der Waals surface area contributed by atoms with Gasteiger partial charge in [-0.05, 0) is 20.4 Å². The zero-order valence-electron chi connectivity index (χ0n) is 5.46. The van der Waals surface area contributed by atoms with Gasteiger partial charge in [-0.3, -0.25) is 9.89 Å². The van der Waals surface area contributed by atoms with Crippen LogP contribution in [0.25, 0.3) is 0 Å². The van der Waals surface area contributed by atoms with Gasteiger partial charge in [0.1, 0.15) is 0 Å². The average Bonchev–Trinajstić information content (AvgIpc) is 1.77. The minimum absolute atomic E-state index is 0.687. The Hall–Kier alpha value is -0.370. The Morgan fingerprint density at radius 2 is 2.50 bits per heavy atom. The first-order valence-corrected chi connectivity index (χ1v) is 2.99. The standard InChI is InChI=1S/C6H12N2/c1-6-3-4-7-5-8(6)2/h4,6H,3,5H2,1-2H3. The third-order valence-electron chi connectivity index (χ3n) is 1.63. The van der Waals surface area contributed by atoms with Gasteiger partial charge in [-0.15, -0.1) is 0 Å². The van der Waals surface area contributed by atoms with Crippen LogP contribution in [0.4, 0.5) is 0 Å². The summed E-state index contributed by atoms with van der Waals surface area (Å²) in [6, 6.07) is 0.687. The van der Waals surface area contributed by atoms with Crippen LogP contribution in [0.1, 0.15) is 13.3 Å². The van der Waals surface area contributed by atoms with Crippen molar-refractivity contribution in [3.8, 4) is 0 Å². The molecule has 0 aliphatic carbocycles. The molecule has 0 fully saturated rings. The summed E-state index contributed by atoms with van der Waals surface area (Å²) < 4.78 is 0. The third-order valence-corrected chi connectivity index (χ3v) is 1.63. The van der Waals surface area contributed by atoms with E-state index in [0.29, 0.717) is 6.04 Å². The number of hydrogen-bond acceptors (Lipinski definition) is 2. The van der Waals surface area contributed by atoms with Crippen LogP contribution in [0.2, 0.25) is 0 Å². The fourth-order valence-electron chi connectivity index (χ4n) is 0.733. The summed E-state index contributed by atoms with van der Waals surface area (Å²) in [5, 5.41) is 0. The van der Waals surface area contributed by atoms with E-state index in [-0.39, 0.29) is 0 Å². The molecule has 46 valence electrons. The minimum atomic E-state index is 0.687. The van der Waals surface area contributed by atoms with E-state index in [4.69, 9.17) is 0 Å². The zero-order chi connectivity index (χ0) is 5.98. The predicted molar refractivity (Wildman–Crippen MR) is 35.2 cm³/mol. The molecule has 0 saturated heterocycles. The normalized spacial score (nSPS) is 31.0. The van der Waals surface area contributed by atoms with Gasteiger partial charge in [0.2, 0.25) is 0 Å². The van der Waals surface area contributed by atoms with Crippen molar-refractivity contribution in [3.63, 3.8) is 0 Å². The summed E-state index contributed by atoms with van der Waals surface area (Å²) in [4.78, 5) is 6.35. The fraction of sp³-hybridized carbons (Fsp3) is 0.833. The van der Waals surface area contributed by atoms with Crippen LogP contribution in [0.15, 0.2) is 4.99 Å². The van der Waals surface area contributed by atoms with Crippen molar-refractivity contribution >= 4 is 6.21 Å². The number of rotatable bonds is 0. The maximum absolute atomic E-state index is 4.11. The van der Waals surface area contributed by atoms with Gasteiger partial charge >= 0.3 is 0 Å². The molecule has 0 aromatic heterocycles. The SMILES string of the molecule is CC1CC=NCN1C. The topological polar surface area (TPSA) is 15.6 Å². The van der Waals surface area contributed by atoms with Crippen molar-refractivity contribution in [2.45, 2.75) is 19.4 Å². The second-order valence-corrected chi connectivity index (χ2v) is 2.35. The lowest BCUT2D eigenvalue weighted by Gasteiger charge is -2.24. The molecule has 0 aromatic rings. The van der Waals surface area contributed by atoms with E-state index in [2.05, 4.69) is 23.9 Å². The smallest absolute Gasteiger partial charge is 0.0905 e. The third kappa shape index (κ3) is 1.07. The minimum Gasteiger partial charge on any atom is -0.284 e. The highest BCUT2D eigenvalue weighted by molar-refractivity contribution is 5.58. The molecular weight excluding hydrogens is 100 g/mol. The molecule has 0 aromatic carbocycles. The lowest BCUT2D eigenvalue weighted by atomic mass is 10.2. The molecule has 1 heterocycles. The summed E-state index contributed by atoms with van der Waals surface area (Å²) in [6.07, 6.45) is 3.11. The van der Waals surface area contributed by atoms with Crippen LogP contribution in [0.5, 0.6) is 0 Å². The molecule has 2 nitrogen and oxygen atoms in total. The molecule has 2 heteroatoms. The first-order valence-electron chi connectivity index (χ1n) is 2.99. The van der Waals surface area contributed by atoms with Crippen molar-refractivity contribution < 1.29 is 0 Å². The molecule has 1 aliphatic rings. The first kappa shape index (κ1) is 5.76. The van der Waals surface area contributed by atoms with Gasteiger partial charge in [-0.2, -0.15) is 0 Å². The number of aliphatic imine (C=N–C) groups is 1. The number of hydrogen-bond donors (Lipinski definition) is 0. The Morgan fingerprint density at radius 3 is 2.88 bits per heavy atom. The highest BCUT2D eigenvalue weighted by Crippen LogP contribution is 2.02. The van der Waals surface area contributed by atoms with Gasteiger partial charge in [0, 0.05) is 12.3 Å².